The smallest absolute Gasteiger partial charge is 0.286 e. The summed E-state index contributed by atoms with van der Waals surface area (Å²) in [5.41, 5.74) is 1.40. The van der Waals surface area contributed by atoms with Crippen LogP contribution in [0, 0.1) is 10.1 Å². The van der Waals surface area contributed by atoms with Crippen LogP contribution in [0.15, 0.2) is 18.2 Å². The number of nitrogens with zero attached hydrogens (tertiary/aromatic N) is 1. The first-order valence-electron chi connectivity index (χ1n) is 4.35. The first-order chi connectivity index (χ1) is 8.04. The molecule has 0 aliphatic heterocycles. The van der Waals surface area contributed by atoms with Crippen molar-refractivity contribution in [1.29, 1.82) is 0 Å². The van der Waals surface area contributed by atoms with Gasteiger partial charge in [0, 0.05) is 22.2 Å². The number of fused-ring (bicyclic) bond motifs is 1. The molecule has 0 aliphatic rings. The van der Waals surface area contributed by atoms with E-state index in [1.807, 2.05) is 0 Å². The summed E-state index contributed by atoms with van der Waals surface area (Å²) in [6.45, 7) is 0. The van der Waals surface area contributed by atoms with Crippen molar-refractivity contribution in [2.24, 2.45) is 0 Å². The average molecular weight is 273 g/mol. The lowest BCUT2D eigenvalue weighted by Gasteiger charge is -1.93. The van der Waals surface area contributed by atoms with Gasteiger partial charge >= 0.3 is 0 Å². The lowest BCUT2D eigenvalue weighted by Crippen LogP contribution is -2.17. The molecule has 0 spiro atoms. The summed E-state index contributed by atoms with van der Waals surface area (Å²) in [4.78, 5) is 21.4. The molecular formula is C9H5ClN2O4S. The fourth-order valence-corrected chi connectivity index (χ4v) is 2.80. The molecule has 0 bridgehead atoms. The molecule has 0 aliphatic carbocycles. The topological polar surface area (TPSA) is 92.5 Å². The minimum atomic E-state index is -0.737. The summed E-state index contributed by atoms with van der Waals surface area (Å²) in [5, 5.41) is 19.8. The van der Waals surface area contributed by atoms with Crippen molar-refractivity contribution in [3.63, 3.8) is 0 Å². The fourth-order valence-electron chi connectivity index (χ4n) is 1.36. The van der Waals surface area contributed by atoms with E-state index in [4.69, 9.17) is 16.8 Å². The number of carbonyl (C=O) groups is 1. The first-order valence-corrected chi connectivity index (χ1v) is 5.55. The molecule has 0 unspecified atom stereocenters. The third-order valence-electron chi connectivity index (χ3n) is 2.13. The second-order valence-corrected chi connectivity index (χ2v) is 4.55. The lowest BCUT2D eigenvalue weighted by molar-refractivity contribution is -0.384. The van der Waals surface area contributed by atoms with Crippen LogP contribution in [0.4, 0.5) is 5.69 Å². The molecule has 1 heterocycles. The van der Waals surface area contributed by atoms with Gasteiger partial charge in [0.2, 0.25) is 0 Å². The number of non-ortho nitro benzene ring substituents is 1. The lowest BCUT2D eigenvalue weighted by atomic mass is 10.2. The third kappa shape index (κ3) is 1.95. The molecule has 0 saturated carbocycles. The number of hydroxylamine groups is 1. The molecule has 2 rings (SSSR count). The van der Waals surface area contributed by atoms with E-state index in [-0.39, 0.29) is 15.6 Å². The van der Waals surface area contributed by atoms with Crippen LogP contribution >= 0.6 is 22.9 Å². The number of nitrogens with one attached hydrogen (secondary N) is 1. The van der Waals surface area contributed by atoms with Gasteiger partial charge in [0.1, 0.15) is 4.88 Å². The molecule has 2 N–H and O–H groups in total. The van der Waals surface area contributed by atoms with Gasteiger partial charge in [-0.15, -0.1) is 11.3 Å². The predicted molar refractivity (Wildman–Crippen MR) is 62.7 cm³/mol. The maximum Gasteiger partial charge on any atom is 0.286 e. The molecule has 0 saturated heterocycles. The van der Waals surface area contributed by atoms with Crippen molar-refractivity contribution in [2.45, 2.75) is 0 Å². The first kappa shape index (κ1) is 11.8. The van der Waals surface area contributed by atoms with Crippen LogP contribution in [0.2, 0.25) is 5.02 Å². The van der Waals surface area contributed by atoms with Crippen molar-refractivity contribution in [3.8, 4) is 0 Å². The van der Waals surface area contributed by atoms with Crippen molar-refractivity contribution in [2.75, 3.05) is 0 Å². The van der Waals surface area contributed by atoms with E-state index in [0.29, 0.717) is 10.1 Å². The zero-order chi connectivity index (χ0) is 12.6. The standard InChI is InChI=1S/C9H5ClN2O4S/c10-7-5-2-1-4(12(15)16)3-6(5)17-8(7)9(13)11-14/h1-3,14H,(H,11,13). The Morgan fingerprint density at radius 2 is 2.24 bits per heavy atom. The van der Waals surface area contributed by atoms with E-state index in [9.17, 15) is 14.9 Å². The third-order valence-corrected chi connectivity index (χ3v) is 3.79. The Hall–Kier alpha value is -1.70. The van der Waals surface area contributed by atoms with Gasteiger partial charge in [0.25, 0.3) is 11.6 Å². The number of thiophene rings is 1. The molecule has 8 heteroatoms. The maximum absolute atomic E-state index is 11.3. The molecule has 0 radical (unpaired) electrons. The van der Waals surface area contributed by atoms with Crippen LogP contribution < -0.4 is 5.48 Å². The second kappa shape index (κ2) is 4.28. The molecule has 1 aromatic carbocycles. The minimum absolute atomic E-state index is 0.0774. The fraction of sp³-hybridized carbons (Fsp3) is 0. The summed E-state index contributed by atoms with van der Waals surface area (Å²) < 4.78 is 0.516. The van der Waals surface area contributed by atoms with Crippen LogP contribution in [0.5, 0.6) is 0 Å². The molecule has 88 valence electrons. The van der Waals surface area contributed by atoms with Crippen LogP contribution in [-0.2, 0) is 0 Å². The minimum Gasteiger partial charge on any atom is -0.288 e. The van der Waals surface area contributed by atoms with Gasteiger partial charge < -0.3 is 0 Å². The highest BCUT2D eigenvalue weighted by molar-refractivity contribution is 7.21. The van der Waals surface area contributed by atoms with E-state index in [1.165, 1.54) is 23.7 Å². The van der Waals surface area contributed by atoms with E-state index >= 15 is 0 Å². The normalized spacial score (nSPS) is 10.5. The number of carbonyl (C=O) groups excluding carboxylic acids is 1. The zero-order valence-electron chi connectivity index (χ0n) is 8.14. The number of nitro groups is 1. The molecule has 6 nitrogen and oxygen atoms in total. The number of hydrogen-bond donors (Lipinski definition) is 2. The highest BCUT2D eigenvalue weighted by Gasteiger charge is 2.18. The van der Waals surface area contributed by atoms with Crippen molar-refractivity contribution in [1.82, 2.24) is 5.48 Å². The summed E-state index contributed by atoms with van der Waals surface area (Å²) >= 11 is 6.91. The van der Waals surface area contributed by atoms with Gasteiger partial charge in [-0.3, -0.25) is 20.1 Å². The monoisotopic (exact) mass is 272 g/mol. The number of benzene rings is 1. The Balaban J connectivity index is 2.65. The Morgan fingerprint density at radius 1 is 1.53 bits per heavy atom. The molecule has 0 fully saturated rings. The Labute approximate surface area is 104 Å². The molecule has 1 aromatic heterocycles. The summed E-state index contributed by atoms with van der Waals surface area (Å²) in [5.74, 6) is -0.737. The predicted octanol–water partition coefficient (Wildman–Crippen LogP) is 2.58. The van der Waals surface area contributed by atoms with Gasteiger partial charge in [-0.2, -0.15) is 0 Å². The van der Waals surface area contributed by atoms with E-state index < -0.39 is 10.8 Å². The van der Waals surface area contributed by atoms with Crippen LogP contribution in [0.1, 0.15) is 9.67 Å². The van der Waals surface area contributed by atoms with E-state index in [2.05, 4.69) is 0 Å². The van der Waals surface area contributed by atoms with Crippen molar-refractivity contribution < 1.29 is 14.9 Å². The van der Waals surface area contributed by atoms with Crippen LogP contribution in [-0.4, -0.2) is 16.0 Å². The molecule has 2 aromatic rings. The van der Waals surface area contributed by atoms with Gasteiger partial charge in [0.15, 0.2) is 0 Å². The molecule has 17 heavy (non-hydrogen) atoms. The highest BCUT2D eigenvalue weighted by Crippen LogP contribution is 2.36. The average Bonchev–Trinajstić information content (AvgIpc) is 2.65. The highest BCUT2D eigenvalue weighted by atomic mass is 35.5. The van der Waals surface area contributed by atoms with E-state index in [1.54, 1.807) is 0 Å². The zero-order valence-corrected chi connectivity index (χ0v) is 9.71. The number of hydrogen-bond acceptors (Lipinski definition) is 5. The quantitative estimate of drug-likeness (QED) is 0.499. The van der Waals surface area contributed by atoms with Gasteiger partial charge in [0.05, 0.1) is 9.95 Å². The Bertz CT molecular complexity index is 625. The van der Waals surface area contributed by atoms with Crippen LogP contribution in [0.25, 0.3) is 10.1 Å². The van der Waals surface area contributed by atoms with Crippen molar-refractivity contribution in [3.05, 3.63) is 38.2 Å². The Kier molecular flexibility index (Phi) is 2.97. The Morgan fingerprint density at radius 3 is 2.82 bits per heavy atom. The number of amides is 1. The largest absolute Gasteiger partial charge is 0.288 e. The summed E-state index contributed by atoms with van der Waals surface area (Å²) in [6.07, 6.45) is 0. The summed E-state index contributed by atoms with van der Waals surface area (Å²) in [6, 6.07) is 4.11. The van der Waals surface area contributed by atoms with Gasteiger partial charge in [-0.05, 0) is 6.07 Å². The van der Waals surface area contributed by atoms with E-state index in [0.717, 1.165) is 11.3 Å². The molecular weight excluding hydrogens is 268 g/mol. The number of rotatable bonds is 2. The second-order valence-electron chi connectivity index (χ2n) is 3.12. The van der Waals surface area contributed by atoms with Crippen molar-refractivity contribution >= 4 is 44.6 Å². The maximum atomic E-state index is 11.3. The molecule has 1 amide bonds. The number of halogens is 1. The van der Waals surface area contributed by atoms with Crippen LogP contribution in [0.3, 0.4) is 0 Å². The van der Waals surface area contributed by atoms with Gasteiger partial charge in [-0.1, -0.05) is 11.6 Å². The molecule has 0 atom stereocenters. The number of nitro benzene ring substituents is 1. The SMILES string of the molecule is O=C(NO)c1sc2cc([N+](=O)[O-])ccc2c1Cl. The van der Waals surface area contributed by atoms with Gasteiger partial charge in [-0.25, -0.2) is 5.48 Å². The summed E-state index contributed by atoms with van der Waals surface area (Å²) in [7, 11) is 0.